The van der Waals surface area contributed by atoms with Crippen molar-refractivity contribution in [3.63, 3.8) is 0 Å². The van der Waals surface area contributed by atoms with Gasteiger partial charge in [-0.1, -0.05) is 30.3 Å². The fraction of sp³-hybridized carbons (Fsp3) is 0.519. The number of likely N-dealkylation sites (tertiary alicyclic amines) is 1. The van der Waals surface area contributed by atoms with Gasteiger partial charge in [-0.3, -0.25) is 14.6 Å². The first-order chi connectivity index (χ1) is 17.1. The number of benzene rings is 2. The van der Waals surface area contributed by atoms with Crippen LogP contribution in [0.1, 0.15) is 6.42 Å². The summed E-state index contributed by atoms with van der Waals surface area (Å²) < 4.78 is 5.47. The summed E-state index contributed by atoms with van der Waals surface area (Å²) in [5.74, 6) is -0.0357. The van der Waals surface area contributed by atoms with E-state index >= 15 is 0 Å². The number of rotatable bonds is 7. The molecule has 5 rings (SSSR count). The van der Waals surface area contributed by atoms with Crippen molar-refractivity contribution in [2.24, 2.45) is 0 Å². The van der Waals surface area contributed by atoms with Gasteiger partial charge >= 0.3 is 0 Å². The second-order valence-electron chi connectivity index (χ2n) is 9.95. The van der Waals surface area contributed by atoms with Crippen molar-refractivity contribution >= 4 is 23.0 Å². The molecule has 0 bridgehead atoms. The zero-order valence-corrected chi connectivity index (χ0v) is 20.4. The molecule has 35 heavy (non-hydrogen) atoms. The van der Waals surface area contributed by atoms with E-state index in [0.29, 0.717) is 39.3 Å². The number of morpholine rings is 1. The number of ether oxygens (including phenoxy) is 1. The van der Waals surface area contributed by atoms with E-state index < -0.39 is 5.60 Å². The van der Waals surface area contributed by atoms with Gasteiger partial charge in [-0.15, -0.1) is 0 Å². The Hall–Kier alpha value is -2.65. The maximum absolute atomic E-state index is 12.9. The highest BCUT2D eigenvalue weighted by atomic mass is 16.5. The highest BCUT2D eigenvalue weighted by Gasteiger charge is 2.38. The topological polar surface area (TPSA) is 71.5 Å². The molecule has 8 heteroatoms. The van der Waals surface area contributed by atoms with Crippen molar-refractivity contribution in [3.05, 3.63) is 54.6 Å². The van der Waals surface area contributed by atoms with Crippen molar-refractivity contribution in [2.45, 2.75) is 12.0 Å². The number of anilines is 3. The number of para-hydroxylation sites is 3. The third kappa shape index (κ3) is 6.13. The van der Waals surface area contributed by atoms with E-state index in [2.05, 4.69) is 49.2 Å². The predicted octanol–water partition coefficient (Wildman–Crippen LogP) is 1.72. The molecule has 0 unspecified atom stereocenters. The molecule has 0 saturated carbocycles. The fourth-order valence-electron chi connectivity index (χ4n) is 5.48. The minimum Gasteiger partial charge on any atom is -0.387 e. The van der Waals surface area contributed by atoms with Crippen LogP contribution in [0.4, 0.5) is 17.1 Å². The smallest absolute Gasteiger partial charge is 0.238 e. The van der Waals surface area contributed by atoms with E-state index in [-0.39, 0.29) is 5.91 Å². The van der Waals surface area contributed by atoms with E-state index in [4.69, 9.17) is 4.74 Å². The fourth-order valence-corrected chi connectivity index (χ4v) is 5.48. The van der Waals surface area contributed by atoms with Gasteiger partial charge in [0.15, 0.2) is 0 Å². The monoisotopic (exact) mass is 479 g/mol. The maximum atomic E-state index is 12.9. The number of carbonyl (C=O) groups excluding carboxylic acids is 1. The molecule has 0 radical (unpaired) electrons. The lowest BCUT2D eigenvalue weighted by molar-refractivity contribution is -0.117. The molecule has 0 aliphatic carbocycles. The van der Waals surface area contributed by atoms with E-state index in [0.717, 1.165) is 57.2 Å². The van der Waals surface area contributed by atoms with Crippen molar-refractivity contribution in [1.82, 2.24) is 9.80 Å². The number of hydrogen-bond donors (Lipinski definition) is 2. The van der Waals surface area contributed by atoms with Gasteiger partial charge in [0.25, 0.3) is 0 Å². The molecule has 1 atom stereocenters. The van der Waals surface area contributed by atoms with Crippen molar-refractivity contribution in [3.8, 4) is 0 Å². The SMILES string of the molecule is O=C(CN1CC[C@@](O)(CN2CCN(c3ccccc3)CC2)C1)Nc1ccccc1N1CCOCC1. The number of nitrogens with zero attached hydrogens (tertiary/aromatic N) is 4. The minimum atomic E-state index is -0.763. The standard InChI is InChI=1S/C27H37N5O3/c33-26(28-24-8-4-5-9-25(24)32-16-18-35-19-17-32)20-30-11-10-27(34,22-30)21-29-12-14-31(15-13-29)23-6-2-1-3-7-23/h1-9,34H,10-22H2,(H,28,33)/t27-/m1/s1. The van der Waals surface area contributed by atoms with Crippen LogP contribution in [-0.4, -0.2) is 105 Å². The van der Waals surface area contributed by atoms with Crippen LogP contribution in [0.3, 0.4) is 0 Å². The zero-order chi connectivity index (χ0) is 24.1. The lowest BCUT2D eigenvalue weighted by Crippen LogP contribution is -2.53. The number of amides is 1. The molecule has 0 spiro atoms. The molecule has 3 fully saturated rings. The molecule has 0 aromatic heterocycles. The Kier molecular flexibility index (Phi) is 7.53. The van der Waals surface area contributed by atoms with Gasteiger partial charge in [0.05, 0.1) is 36.7 Å². The van der Waals surface area contributed by atoms with Crippen LogP contribution in [0.15, 0.2) is 54.6 Å². The van der Waals surface area contributed by atoms with Crippen LogP contribution in [0.5, 0.6) is 0 Å². The first kappa shape index (κ1) is 24.1. The van der Waals surface area contributed by atoms with Crippen molar-refractivity contribution in [1.29, 1.82) is 0 Å². The van der Waals surface area contributed by atoms with Crippen LogP contribution >= 0.6 is 0 Å². The molecule has 3 heterocycles. The first-order valence-electron chi connectivity index (χ1n) is 12.8. The van der Waals surface area contributed by atoms with Crippen molar-refractivity contribution in [2.75, 3.05) is 93.8 Å². The summed E-state index contributed by atoms with van der Waals surface area (Å²) in [6.45, 7) is 9.09. The van der Waals surface area contributed by atoms with Gasteiger partial charge in [-0.05, 0) is 30.7 Å². The normalized spacial score (nSPS) is 24.0. The predicted molar refractivity (Wildman–Crippen MR) is 139 cm³/mol. The second-order valence-corrected chi connectivity index (χ2v) is 9.95. The summed E-state index contributed by atoms with van der Waals surface area (Å²) in [5, 5.41) is 14.4. The van der Waals surface area contributed by atoms with Crippen LogP contribution < -0.4 is 15.1 Å². The van der Waals surface area contributed by atoms with Crippen LogP contribution in [-0.2, 0) is 9.53 Å². The van der Waals surface area contributed by atoms with Gasteiger partial charge in [0.2, 0.25) is 5.91 Å². The van der Waals surface area contributed by atoms with Crippen molar-refractivity contribution < 1.29 is 14.6 Å². The average molecular weight is 480 g/mol. The summed E-state index contributed by atoms with van der Waals surface area (Å²) in [5.41, 5.74) is 2.38. The molecule has 1 amide bonds. The Bertz CT molecular complexity index is 976. The number of aliphatic hydroxyl groups is 1. The number of hydrogen-bond acceptors (Lipinski definition) is 7. The minimum absolute atomic E-state index is 0.0357. The largest absolute Gasteiger partial charge is 0.387 e. The molecule has 2 aromatic rings. The Morgan fingerprint density at radius 2 is 1.57 bits per heavy atom. The Labute approximate surface area is 208 Å². The summed E-state index contributed by atoms with van der Waals surface area (Å²) in [6.07, 6.45) is 0.698. The Morgan fingerprint density at radius 3 is 2.34 bits per heavy atom. The Balaban J connectivity index is 1.10. The third-order valence-corrected chi connectivity index (χ3v) is 7.32. The van der Waals surface area contributed by atoms with Gasteiger partial charge in [0, 0.05) is 64.6 Å². The molecule has 2 aromatic carbocycles. The molecule has 2 N–H and O–H groups in total. The number of carbonyl (C=O) groups is 1. The summed E-state index contributed by atoms with van der Waals surface area (Å²) >= 11 is 0. The van der Waals surface area contributed by atoms with Crippen LogP contribution in [0, 0.1) is 0 Å². The second kappa shape index (κ2) is 11.0. The quantitative estimate of drug-likeness (QED) is 0.627. The molecule has 3 aliphatic heterocycles. The lowest BCUT2D eigenvalue weighted by atomic mass is 10.0. The molecular formula is C27H37N5O3. The molecule has 3 aliphatic rings. The molecular weight excluding hydrogens is 442 g/mol. The summed E-state index contributed by atoms with van der Waals surface area (Å²) in [4.78, 5) is 22.0. The van der Waals surface area contributed by atoms with Gasteiger partial charge in [0.1, 0.15) is 0 Å². The van der Waals surface area contributed by atoms with E-state index in [1.807, 2.05) is 30.3 Å². The molecule has 8 nitrogen and oxygen atoms in total. The number of β-amino-alcohol motifs (C(OH)–C–C–N with tert-alkyl or cyclic N) is 1. The third-order valence-electron chi connectivity index (χ3n) is 7.32. The summed E-state index contributed by atoms with van der Waals surface area (Å²) in [6, 6.07) is 18.5. The molecule has 188 valence electrons. The van der Waals surface area contributed by atoms with Gasteiger partial charge in [-0.25, -0.2) is 0 Å². The number of nitrogens with one attached hydrogen (secondary N) is 1. The lowest BCUT2D eigenvalue weighted by Gasteiger charge is -2.39. The Morgan fingerprint density at radius 1 is 0.857 bits per heavy atom. The number of piperazine rings is 1. The highest BCUT2D eigenvalue weighted by Crippen LogP contribution is 2.27. The van der Waals surface area contributed by atoms with Gasteiger partial charge in [-0.2, -0.15) is 0 Å². The average Bonchev–Trinajstić information content (AvgIpc) is 3.25. The van der Waals surface area contributed by atoms with Gasteiger partial charge < -0.3 is 25.0 Å². The van der Waals surface area contributed by atoms with Crippen LogP contribution in [0.2, 0.25) is 0 Å². The maximum Gasteiger partial charge on any atom is 0.238 e. The van der Waals surface area contributed by atoms with E-state index in [1.54, 1.807) is 0 Å². The van der Waals surface area contributed by atoms with E-state index in [9.17, 15) is 9.90 Å². The first-order valence-corrected chi connectivity index (χ1v) is 12.8. The highest BCUT2D eigenvalue weighted by molar-refractivity contribution is 5.95. The van der Waals surface area contributed by atoms with Crippen LogP contribution in [0.25, 0.3) is 0 Å². The summed E-state index contributed by atoms with van der Waals surface area (Å²) in [7, 11) is 0. The van der Waals surface area contributed by atoms with E-state index in [1.165, 1.54) is 5.69 Å². The zero-order valence-electron chi connectivity index (χ0n) is 20.4. The molecule has 3 saturated heterocycles.